The first-order valence-corrected chi connectivity index (χ1v) is 7.86. The molecule has 0 heterocycles. The highest BCUT2D eigenvalue weighted by Gasteiger charge is 2.32. The molecule has 5 nitrogen and oxygen atoms in total. The number of ether oxygens (including phenoxy) is 1. The Balaban J connectivity index is 1.72. The molecule has 1 saturated carbocycles. The molecule has 120 valence electrons. The summed E-state index contributed by atoms with van der Waals surface area (Å²) in [6, 6.07) is 10.4. The molecule has 0 unspecified atom stereocenters. The highest BCUT2D eigenvalue weighted by atomic mass is 16.5. The molecule has 1 aliphatic carbocycles. The summed E-state index contributed by atoms with van der Waals surface area (Å²) in [5, 5.41) is 2.95. The molecule has 0 saturated heterocycles. The van der Waals surface area contributed by atoms with Crippen LogP contribution < -0.4 is 5.32 Å². The van der Waals surface area contributed by atoms with Crippen molar-refractivity contribution in [3.05, 3.63) is 35.9 Å². The molecule has 0 aromatic heterocycles. The molecule has 0 atom stereocenters. The van der Waals surface area contributed by atoms with Gasteiger partial charge < -0.3 is 15.0 Å². The number of carbonyl (C=O) groups is 2. The second kappa shape index (κ2) is 8.41. The second-order valence-electron chi connectivity index (χ2n) is 5.61. The van der Waals surface area contributed by atoms with Gasteiger partial charge in [0, 0.05) is 25.6 Å². The molecule has 1 aliphatic rings. The average Bonchev–Trinajstić information content (AvgIpc) is 3.37. The third-order valence-electron chi connectivity index (χ3n) is 3.76. The van der Waals surface area contributed by atoms with Crippen LogP contribution in [0, 0.1) is 0 Å². The molecule has 0 spiro atoms. The van der Waals surface area contributed by atoms with Crippen molar-refractivity contribution >= 4 is 12.0 Å². The number of methoxy groups -OCH3 is 1. The first-order valence-electron chi connectivity index (χ1n) is 7.86. The monoisotopic (exact) mass is 304 g/mol. The number of unbranched alkanes of at least 4 members (excludes halogenated alkanes) is 1. The minimum Gasteiger partial charge on any atom is -0.469 e. The zero-order chi connectivity index (χ0) is 15.8. The maximum Gasteiger partial charge on any atom is 0.317 e. The lowest BCUT2D eigenvalue weighted by Crippen LogP contribution is -2.41. The zero-order valence-corrected chi connectivity index (χ0v) is 13.1. The molecule has 2 amide bonds. The minimum absolute atomic E-state index is 0.00980. The van der Waals surface area contributed by atoms with E-state index < -0.39 is 0 Å². The highest BCUT2D eigenvalue weighted by molar-refractivity contribution is 5.75. The Hall–Kier alpha value is -2.04. The standard InChI is InChI=1S/C17H24N2O3/c1-22-16(20)9-5-6-12-18-17(21)19(15-10-11-15)13-14-7-3-2-4-8-14/h2-4,7-8,15H,5-6,9-13H2,1H3,(H,18,21). The van der Waals surface area contributed by atoms with Crippen molar-refractivity contribution in [3.8, 4) is 0 Å². The Morgan fingerprint density at radius 3 is 2.59 bits per heavy atom. The molecule has 1 aromatic carbocycles. The van der Waals surface area contributed by atoms with Crippen molar-refractivity contribution in [2.24, 2.45) is 0 Å². The predicted molar refractivity (Wildman–Crippen MR) is 84.3 cm³/mol. The summed E-state index contributed by atoms with van der Waals surface area (Å²) in [6.07, 6.45) is 4.09. The molecule has 0 aliphatic heterocycles. The van der Waals surface area contributed by atoms with Gasteiger partial charge in [0.25, 0.3) is 0 Å². The van der Waals surface area contributed by atoms with Crippen molar-refractivity contribution in [3.63, 3.8) is 0 Å². The van der Waals surface area contributed by atoms with Crippen LogP contribution in [0.15, 0.2) is 30.3 Å². The fraction of sp³-hybridized carbons (Fsp3) is 0.529. The fourth-order valence-electron chi connectivity index (χ4n) is 2.33. The third kappa shape index (κ3) is 5.39. The van der Waals surface area contributed by atoms with E-state index in [9.17, 15) is 9.59 Å². The molecule has 1 aromatic rings. The molecule has 2 rings (SSSR count). The number of urea groups is 1. The van der Waals surface area contributed by atoms with Gasteiger partial charge in [0.15, 0.2) is 0 Å². The van der Waals surface area contributed by atoms with E-state index >= 15 is 0 Å². The van der Waals surface area contributed by atoms with Gasteiger partial charge in [-0.15, -0.1) is 0 Å². The topological polar surface area (TPSA) is 58.6 Å². The quantitative estimate of drug-likeness (QED) is 0.593. The average molecular weight is 304 g/mol. The summed E-state index contributed by atoms with van der Waals surface area (Å²) < 4.78 is 4.59. The van der Waals surface area contributed by atoms with Gasteiger partial charge in [-0.1, -0.05) is 30.3 Å². The van der Waals surface area contributed by atoms with Crippen molar-refractivity contribution in [1.82, 2.24) is 10.2 Å². The van der Waals surface area contributed by atoms with Gasteiger partial charge >= 0.3 is 12.0 Å². The van der Waals surface area contributed by atoms with Crippen molar-refractivity contribution in [2.75, 3.05) is 13.7 Å². The van der Waals surface area contributed by atoms with Crippen LogP contribution in [0.3, 0.4) is 0 Å². The Bertz CT molecular complexity index is 486. The van der Waals surface area contributed by atoms with Gasteiger partial charge in [-0.2, -0.15) is 0 Å². The number of carbonyl (C=O) groups excluding carboxylic acids is 2. The van der Waals surface area contributed by atoms with Crippen molar-refractivity contribution in [1.29, 1.82) is 0 Å². The molecular weight excluding hydrogens is 280 g/mol. The molecule has 5 heteroatoms. The van der Waals surface area contributed by atoms with Crippen molar-refractivity contribution in [2.45, 2.75) is 44.7 Å². The first-order chi connectivity index (χ1) is 10.7. The number of benzene rings is 1. The largest absolute Gasteiger partial charge is 0.469 e. The lowest BCUT2D eigenvalue weighted by Gasteiger charge is -2.23. The third-order valence-corrected chi connectivity index (χ3v) is 3.76. The molecular formula is C17H24N2O3. The maximum atomic E-state index is 12.3. The van der Waals surface area contributed by atoms with E-state index in [1.54, 1.807) is 0 Å². The molecule has 1 N–H and O–H groups in total. The first kappa shape index (κ1) is 16.3. The van der Waals surface area contributed by atoms with Crippen LogP contribution in [0.1, 0.15) is 37.7 Å². The smallest absolute Gasteiger partial charge is 0.317 e. The van der Waals surface area contributed by atoms with Crippen LogP contribution in [0.2, 0.25) is 0 Å². The summed E-state index contributed by atoms with van der Waals surface area (Å²) in [6.45, 7) is 1.24. The number of amides is 2. The molecule has 22 heavy (non-hydrogen) atoms. The second-order valence-corrected chi connectivity index (χ2v) is 5.61. The number of hydrogen-bond donors (Lipinski definition) is 1. The molecule has 0 bridgehead atoms. The normalized spacial score (nSPS) is 13.5. The summed E-state index contributed by atoms with van der Waals surface area (Å²) in [5.41, 5.74) is 1.15. The number of hydrogen-bond acceptors (Lipinski definition) is 3. The number of rotatable bonds is 8. The molecule has 1 fully saturated rings. The van der Waals surface area contributed by atoms with E-state index in [4.69, 9.17) is 0 Å². The lowest BCUT2D eigenvalue weighted by atomic mass is 10.2. The zero-order valence-electron chi connectivity index (χ0n) is 13.1. The predicted octanol–water partition coefficient (Wildman–Crippen LogP) is 2.70. The van der Waals surface area contributed by atoms with Crippen LogP contribution in [0.4, 0.5) is 4.79 Å². The van der Waals surface area contributed by atoms with Crippen LogP contribution >= 0.6 is 0 Å². The Labute approximate surface area is 131 Å². The lowest BCUT2D eigenvalue weighted by molar-refractivity contribution is -0.140. The van der Waals surface area contributed by atoms with Gasteiger partial charge in [0.1, 0.15) is 0 Å². The van der Waals surface area contributed by atoms with Crippen LogP contribution in [-0.4, -0.2) is 36.6 Å². The van der Waals surface area contributed by atoms with Crippen LogP contribution in [0.25, 0.3) is 0 Å². The van der Waals surface area contributed by atoms with Crippen LogP contribution in [0.5, 0.6) is 0 Å². The summed E-state index contributed by atoms with van der Waals surface area (Å²) in [5.74, 6) is -0.199. The number of nitrogens with one attached hydrogen (secondary N) is 1. The summed E-state index contributed by atoms with van der Waals surface area (Å²) in [7, 11) is 1.39. The van der Waals surface area contributed by atoms with E-state index in [1.807, 2.05) is 35.2 Å². The Morgan fingerprint density at radius 1 is 1.23 bits per heavy atom. The minimum atomic E-state index is -0.199. The Kier molecular flexibility index (Phi) is 6.25. The maximum absolute atomic E-state index is 12.3. The van der Waals surface area contributed by atoms with E-state index in [2.05, 4.69) is 10.1 Å². The Morgan fingerprint density at radius 2 is 1.95 bits per heavy atom. The van der Waals surface area contributed by atoms with E-state index in [-0.39, 0.29) is 12.0 Å². The van der Waals surface area contributed by atoms with Gasteiger partial charge in [0.05, 0.1) is 7.11 Å². The van der Waals surface area contributed by atoms with Gasteiger partial charge in [-0.25, -0.2) is 4.79 Å². The SMILES string of the molecule is COC(=O)CCCCNC(=O)N(Cc1ccccc1)C1CC1. The number of nitrogens with zero attached hydrogens (tertiary/aromatic N) is 1. The summed E-state index contributed by atoms with van der Waals surface area (Å²) >= 11 is 0. The van der Waals surface area contributed by atoms with Crippen molar-refractivity contribution < 1.29 is 14.3 Å². The highest BCUT2D eigenvalue weighted by Crippen LogP contribution is 2.28. The van der Waals surface area contributed by atoms with Gasteiger partial charge in [0.2, 0.25) is 0 Å². The number of esters is 1. The van der Waals surface area contributed by atoms with E-state index in [0.717, 1.165) is 31.2 Å². The van der Waals surface area contributed by atoms with Crippen LogP contribution in [-0.2, 0) is 16.1 Å². The van der Waals surface area contributed by atoms with E-state index in [0.29, 0.717) is 25.6 Å². The summed E-state index contributed by atoms with van der Waals surface area (Å²) in [4.78, 5) is 25.2. The van der Waals surface area contributed by atoms with Gasteiger partial charge in [-0.3, -0.25) is 4.79 Å². The van der Waals surface area contributed by atoms with E-state index in [1.165, 1.54) is 7.11 Å². The molecule has 0 radical (unpaired) electrons. The fourth-order valence-corrected chi connectivity index (χ4v) is 2.33. The van der Waals surface area contributed by atoms with Gasteiger partial charge in [-0.05, 0) is 31.2 Å².